The SMILES string of the molecule is CCNC[C@H](C)CCC[C@@H](C)[C@H]1[C@@H](O[C@@H]2OC[C@H](O)[C@H](O[C@@H]3OC[C@@H](O)[C@H](O)[C@H]3OC(=O)c3ccc(OC)cc3)[C@H]2OC(C)=O)C[C@H]2[C@@H]3CC=C4C[C@@H](O)CC[C@]4(C)[C@H]3CC[C@]12C. The van der Waals surface area contributed by atoms with Crippen molar-refractivity contribution in [3.63, 3.8) is 0 Å². The number of carbonyl (C=O) groups is 2. The highest BCUT2D eigenvalue weighted by atomic mass is 16.7. The van der Waals surface area contributed by atoms with Gasteiger partial charge in [0.25, 0.3) is 0 Å². The normalized spacial score (nSPS) is 41.0. The summed E-state index contributed by atoms with van der Waals surface area (Å²) < 4.78 is 42.5. The van der Waals surface area contributed by atoms with Gasteiger partial charge >= 0.3 is 11.9 Å². The Morgan fingerprint density at radius 1 is 0.889 bits per heavy atom. The third kappa shape index (κ3) is 10.2. The second-order valence-corrected chi connectivity index (χ2v) is 20.3. The summed E-state index contributed by atoms with van der Waals surface area (Å²) in [6.07, 6.45) is 0.894. The average Bonchev–Trinajstić information content (AvgIpc) is 3.56. The van der Waals surface area contributed by atoms with Crippen LogP contribution in [0.15, 0.2) is 35.9 Å². The van der Waals surface area contributed by atoms with Crippen molar-refractivity contribution in [1.29, 1.82) is 0 Å². The van der Waals surface area contributed by atoms with Gasteiger partial charge in [-0.2, -0.15) is 0 Å². The first-order valence-corrected chi connectivity index (χ1v) is 23.8. The zero-order valence-electron chi connectivity index (χ0n) is 38.5. The second-order valence-electron chi connectivity index (χ2n) is 20.3. The number of allylic oxidation sites excluding steroid dienone is 1. The summed E-state index contributed by atoms with van der Waals surface area (Å²) in [6.45, 7) is 14.4. The number of ether oxygens (including phenoxy) is 7. The number of nitrogens with one attached hydrogen (secondary N) is 1. The summed E-state index contributed by atoms with van der Waals surface area (Å²) in [7, 11) is 1.51. The Morgan fingerprint density at radius 2 is 1.60 bits per heavy atom. The Hall–Kier alpha value is -2.66. The largest absolute Gasteiger partial charge is 0.497 e. The topological polar surface area (TPSA) is 192 Å². The molecule has 0 amide bonds. The van der Waals surface area contributed by atoms with Crippen molar-refractivity contribution >= 4 is 11.9 Å². The van der Waals surface area contributed by atoms with E-state index in [4.69, 9.17) is 33.2 Å². The van der Waals surface area contributed by atoms with Crippen LogP contribution in [0.1, 0.15) is 116 Å². The lowest BCUT2D eigenvalue weighted by Crippen LogP contribution is -2.62. The van der Waals surface area contributed by atoms with E-state index in [1.165, 1.54) is 31.7 Å². The van der Waals surface area contributed by atoms with E-state index in [2.05, 4.69) is 46.0 Å². The molecular weight excluding hydrogens is 811 g/mol. The van der Waals surface area contributed by atoms with Gasteiger partial charge in [0.2, 0.25) is 0 Å². The van der Waals surface area contributed by atoms with E-state index in [-0.39, 0.29) is 47.7 Å². The molecule has 63 heavy (non-hydrogen) atoms. The van der Waals surface area contributed by atoms with Gasteiger partial charge in [-0.1, -0.05) is 59.1 Å². The van der Waals surface area contributed by atoms with Crippen molar-refractivity contribution in [3.8, 4) is 5.75 Å². The number of aliphatic hydroxyl groups excluding tert-OH is 4. The predicted octanol–water partition coefficient (Wildman–Crippen LogP) is 5.32. The number of fused-ring (bicyclic) bond motifs is 5. The number of rotatable bonds is 16. The van der Waals surface area contributed by atoms with Crippen molar-refractivity contribution in [2.75, 3.05) is 33.4 Å². The van der Waals surface area contributed by atoms with E-state index < -0.39 is 61.1 Å². The molecular formula is C49H75NO13. The highest BCUT2D eigenvalue weighted by molar-refractivity contribution is 5.89. The minimum absolute atomic E-state index is 0.0224. The summed E-state index contributed by atoms with van der Waals surface area (Å²) in [5, 5.41) is 47.3. The Balaban J connectivity index is 1.14. The molecule has 1 aromatic carbocycles. The molecule has 14 heteroatoms. The van der Waals surface area contributed by atoms with Crippen molar-refractivity contribution < 1.29 is 63.2 Å². The molecule has 0 radical (unpaired) electrons. The van der Waals surface area contributed by atoms with E-state index in [0.717, 1.165) is 77.3 Å². The quantitative estimate of drug-likeness (QED) is 0.106. The fraction of sp³-hybridized carbons (Fsp3) is 0.796. The minimum atomic E-state index is -1.59. The maximum atomic E-state index is 13.3. The summed E-state index contributed by atoms with van der Waals surface area (Å²) in [5.41, 5.74) is 1.65. The molecule has 2 aliphatic heterocycles. The van der Waals surface area contributed by atoms with Crippen LogP contribution in [0.25, 0.3) is 0 Å². The lowest BCUT2D eigenvalue weighted by molar-refractivity contribution is -0.340. The van der Waals surface area contributed by atoms with Crippen molar-refractivity contribution in [1.82, 2.24) is 5.32 Å². The molecule has 0 bridgehead atoms. The maximum absolute atomic E-state index is 13.3. The predicted molar refractivity (Wildman–Crippen MR) is 232 cm³/mol. The molecule has 5 fully saturated rings. The van der Waals surface area contributed by atoms with Crippen LogP contribution in [0.4, 0.5) is 0 Å². The molecule has 6 aliphatic rings. The summed E-state index contributed by atoms with van der Waals surface area (Å²) >= 11 is 0. The number of methoxy groups -OCH3 is 1. The van der Waals surface area contributed by atoms with Gasteiger partial charge in [-0.3, -0.25) is 4.79 Å². The van der Waals surface area contributed by atoms with E-state index in [0.29, 0.717) is 35.3 Å². The molecule has 5 N–H and O–H groups in total. The zero-order chi connectivity index (χ0) is 45.2. The van der Waals surface area contributed by atoms with Gasteiger partial charge in [-0.25, -0.2) is 4.79 Å². The van der Waals surface area contributed by atoms with Crippen LogP contribution >= 0.6 is 0 Å². The van der Waals surface area contributed by atoms with Gasteiger partial charge in [0.15, 0.2) is 24.8 Å². The van der Waals surface area contributed by atoms with Gasteiger partial charge in [0, 0.05) is 6.92 Å². The van der Waals surface area contributed by atoms with Crippen LogP contribution in [0, 0.1) is 46.3 Å². The van der Waals surface area contributed by atoms with Crippen LogP contribution in [-0.4, -0.2) is 127 Å². The highest BCUT2D eigenvalue weighted by Crippen LogP contribution is 2.68. The molecule has 4 aliphatic carbocycles. The van der Waals surface area contributed by atoms with Crippen LogP contribution in [0.3, 0.4) is 0 Å². The van der Waals surface area contributed by atoms with Crippen LogP contribution in [0.2, 0.25) is 0 Å². The fourth-order valence-corrected chi connectivity index (χ4v) is 12.9. The van der Waals surface area contributed by atoms with Crippen molar-refractivity contribution in [2.24, 2.45) is 46.3 Å². The third-order valence-corrected chi connectivity index (χ3v) is 16.2. The smallest absolute Gasteiger partial charge is 0.338 e. The standard InChI is InChI=1S/C49H75NO13/c1-8-50-24-27(2)10-9-11-28(3)40-39(23-36-34-17-14-31-22-32(52)18-20-48(31,5)35(34)19-21-49(36,40)6)61-47-44(60-29(4)51)42(38(54)26-59-47)63-46-43(41(55)37(53)25-58-46)62-45(56)30-12-15-33(57-7)16-13-30/h12-16,27-28,32,34-44,46-47,50,52-55H,8-11,17-26H2,1-7H3/t27-,28-,32+,34-,35+,36+,37-,38+,39+,40+,41+,42+,43-,44-,46+,47+,48+,49+/m1/s1. The Labute approximate surface area is 373 Å². The first-order valence-electron chi connectivity index (χ1n) is 23.8. The average molecular weight is 886 g/mol. The van der Waals surface area contributed by atoms with Gasteiger partial charge in [0.05, 0.1) is 38.1 Å². The molecule has 354 valence electrons. The van der Waals surface area contributed by atoms with Crippen LogP contribution < -0.4 is 10.1 Å². The summed E-state index contributed by atoms with van der Waals surface area (Å²) in [5.74, 6) is 1.52. The molecule has 0 spiro atoms. The molecule has 2 heterocycles. The third-order valence-electron chi connectivity index (χ3n) is 16.2. The lowest BCUT2D eigenvalue weighted by atomic mass is 9.47. The lowest BCUT2D eigenvalue weighted by Gasteiger charge is -2.58. The molecule has 7 rings (SSSR count). The Morgan fingerprint density at radius 3 is 2.30 bits per heavy atom. The van der Waals surface area contributed by atoms with E-state index in [1.807, 2.05) is 0 Å². The molecule has 1 aromatic rings. The van der Waals surface area contributed by atoms with Gasteiger partial charge in [0.1, 0.15) is 30.2 Å². The molecule has 2 saturated heterocycles. The fourth-order valence-electron chi connectivity index (χ4n) is 12.9. The van der Waals surface area contributed by atoms with Crippen molar-refractivity contribution in [2.45, 2.75) is 167 Å². The number of carbonyl (C=O) groups excluding carboxylic acids is 2. The van der Waals surface area contributed by atoms with E-state index >= 15 is 0 Å². The number of aliphatic hydroxyl groups is 4. The highest BCUT2D eigenvalue weighted by Gasteiger charge is 2.63. The maximum Gasteiger partial charge on any atom is 0.338 e. The van der Waals surface area contributed by atoms with Gasteiger partial charge in [-0.05, 0) is 135 Å². The molecule has 0 unspecified atom stereocenters. The number of hydrogen-bond donors (Lipinski definition) is 5. The first-order chi connectivity index (χ1) is 30.1. The van der Waals surface area contributed by atoms with E-state index in [1.54, 1.807) is 12.1 Å². The van der Waals surface area contributed by atoms with Crippen LogP contribution in [-0.2, 0) is 33.2 Å². The molecule has 14 nitrogen and oxygen atoms in total. The molecule has 3 saturated carbocycles. The Bertz CT molecular complexity index is 1730. The number of benzene rings is 1. The Kier molecular flexibility index (Phi) is 15.7. The molecule has 18 atom stereocenters. The summed E-state index contributed by atoms with van der Waals surface area (Å²) in [4.78, 5) is 26.2. The van der Waals surface area contributed by atoms with Crippen molar-refractivity contribution in [3.05, 3.63) is 41.5 Å². The first kappa shape index (κ1) is 48.3. The van der Waals surface area contributed by atoms with Gasteiger partial charge in [-0.15, -0.1) is 0 Å². The molecule has 0 aromatic heterocycles. The monoisotopic (exact) mass is 886 g/mol. The van der Waals surface area contributed by atoms with Gasteiger partial charge < -0.3 is 58.9 Å². The second kappa shape index (κ2) is 20.5. The van der Waals surface area contributed by atoms with Crippen LogP contribution in [0.5, 0.6) is 5.75 Å². The minimum Gasteiger partial charge on any atom is -0.497 e. The number of hydrogen-bond acceptors (Lipinski definition) is 14. The summed E-state index contributed by atoms with van der Waals surface area (Å²) in [6, 6.07) is 6.20. The number of esters is 2. The van der Waals surface area contributed by atoms with E-state index in [9.17, 15) is 30.0 Å². The zero-order valence-corrected chi connectivity index (χ0v) is 38.5.